The summed E-state index contributed by atoms with van der Waals surface area (Å²) >= 11 is 5.45. The summed E-state index contributed by atoms with van der Waals surface area (Å²) < 4.78 is 5.21. The second kappa shape index (κ2) is 9.03. The van der Waals surface area contributed by atoms with E-state index in [1.165, 1.54) is 0 Å². The lowest BCUT2D eigenvalue weighted by molar-refractivity contribution is -0.121. The highest BCUT2D eigenvalue weighted by molar-refractivity contribution is 6.17. The molecule has 82 valence electrons. The molecule has 4 heteroatoms. The van der Waals surface area contributed by atoms with Crippen molar-refractivity contribution >= 4 is 17.5 Å². The Hall–Kier alpha value is -0.540. The van der Waals surface area contributed by atoms with Crippen LogP contribution >= 0.6 is 11.6 Å². The number of rotatable bonds is 8. The van der Waals surface area contributed by atoms with Gasteiger partial charge >= 0.3 is 0 Å². The quantitative estimate of drug-likeness (QED) is 0.384. The molecule has 0 aliphatic carbocycles. The normalized spacial score (nSPS) is 9.86. The van der Waals surface area contributed by atoms with Crippen molar-refractivity contribution in [1.29, 1.82) is 0 Å². The van der Waals surface area contributed by atoms with E-state index in [0.29, 0.717) is 32.1 Å². The van der Waals surface area contributed by atoms with Gasteiger partial charge in [0.05, 0.1) is 13.2 Å². The molecule has 0 fully saturated rings. The Morgan fingerprint density at radius 2 is 2.29 bits per heavy atom. The van der Waals surface area contributed by atoms with Crippen LogP contribution in [-0.4, -0.2) is 31.5 Å². The SMILES string of the molecule is C=C(C)COCCNC(=O)CCCCl. The van der Waals surface area contributed by atoms with Crippen molar-refractivity contribution in [2.45, 2.75) is 19.8 Å². The third-order valence-corrected chi connectivity index (χ3v) is 1.72. The predicted octanol–water partition coefficient (Wildman–Crippen LogP) is 1.71. The van der Waals surface area contributed by atoms with Crippen LogP contribution in [0.15, 0.2) is 12.2 Å². The maximum absolute atomic E-state index is 11.1. The van der Waals surface area contributed by atoms with E-state index in [-0.39, 0.29) is 5.91 Å². The van der Waals surface area contributed by atoms with E-state index in [9.17, 15) is 4.79 Å². The molecule has 0 aromatic heterocycles. The molecule has 0 atom stereocenters. The van der Waals surface area contributed by atoms with Crippen LogP contribution in [0.25, 0.3) is 0 Å². The first kappa shape index (κ1) is 13.5. The fourth-order valence-corrected chi connectivity index (χ4v) is 0.958. The van der Waals surface area contributed by atoms with Crippen molar-refractivity contribution in [3.63, 3.8) is 0 Å². The zero-order chi connectivity index (χ0) is 10.8. The monoisotopic (exact) mass is 219 g/mol. The molecule has 3 nitrogen and oxygen atoms in total. The van der Waals surface area contributed by atoms with Gasteiger partial charge in [-0.2, -0.15) is 0 Å². The maximum atomic E-state index is 11.1. The average molecular weight is 220 g/mol. The van der Waals surface area contributed by atoms with Gasteiger partial charge in [-0.3, -0.25) is 4.79 Å². The molecule has 0 aliphatic rings. The summed E-state index contributed by atoms with van der Waals surface area (Å²) in [5.41, 5.74) is 0.985. The molecule has 0 unspecified atom stereocenters. The molecule has 1 N–H and O–H groups in total. The summed E-state index contributed by atoms with van der Waals surface area (Å²) in [7, 11) is 0. The van der Waals surface area contributed by atoms with Crippen LogP contribution in [0, 0.1) is 0 Å². The molecule has 0 heterocycles. The molecule has 0 radical (unpaired) electrons. The lowest BCUT2D eigenvalue weighted by Gasteiger charge is -2.05. The maximum Gasteiger partial charge on any atom is 0.220 e. The second-order valence-corrected chi connectivity index (χ2v) is 3.53. The largest absolute Gasteiger partial charge is 0.375 e. The van der Waals surface area contributed by atoms with Crippen molar-refractivity contribution < 1.29 is 9.53 Å². The summed E-state index contributed by atoms with van der Waals surface area (Å²) in [4.78, 5) is 11.1. The summed E-state index contributed by atoms with van der Waals surface area (Å²) in [6, 6.07) is 0. The Bertz CT molecular complexity index is 183. The Balaban J connectivity index is 3.19. The van der Waals surface area contributed by atoms with E-state index in [0.717, 1.165) is 12.0 Å². The lowest BCUT2D eigenvalue weighted by Crippen LogP contribution is -2.27. The number of halogens is 1. The summed E-state index contributed by atoms with van der Waals surface area (Å²) in [6.45, 7) is 7.23. The van der Waals surface area contributed by atoms with E-state index in [1.807, 2.05) is 6.92 Å². The van der Waals surface area contributed by atoms with Gasteiger partial charge in [-0.05, 0) is 13.3 Å². The molecular weight excluding hydrogens is 202 g/mol. The fraction of sp³-hybridized carbons (Fsp3) is 0.700. The van der Waals surface area contributed by atoms with Gasteiger partial charge in [-0.1, -0.05) is 12.2 Å². The van der Waals surface area contributed by atoms with Crippen LogP contribution in [0.2, 0.25) is 0 Å². The van der Waals surface area contributed by atoms with Crippen molar-refractivity contribution in [2.24, 2.45) is 0 Å². The number of hydrogen-bond donors (Lipinski definition) is 1. The molecule has 0 bridgehead atoms. The number of ether oxygens (including phenoxy) is 1. The first-order chi connectivity index (χ1) is 6.66. The number of nitrogens with one attached hydrogen (secondary N) is 1. The van der Waals surface area contributed by atoms with Crippen LogP contribution in [0.3, 0.4) is 0 Å². The van der Waals surface area contributed by atoms with Crippen LogP contribution in [-0.2, 0) is 9.53 Å². The average Bonchev–Trinajstić information content (AvgIpc) is 2.13. The molecule has 1 amide bonds. The minimum atomic E-state index is 0.0320. The number of carbonyl (C=O) groups is 1. The second-order valence-electron chi connectivity index (χ2n) is 3.15. The Labute approximate surface area is 90.5 Å². The first-order valence-electron chi connectivity index (χ1n) is 4.71. The van der Waals surface area contributed by atoms with Gasteiger partial charge < -0.3 is 10.1 Å². The molecule has 0 rings (SSSR count). The molecule has 0 aliphatic heterocycles. The highest BCUT2D eigenvalue weighted by atomic mass is 35.5. The molecule has 14 heavy (non-hydrogen) atoms. The van der Waals surface area contributed by atoms with Gasteiger partial charge in [0.1, 0.15) is 0 Å². The molecule has 0 saturated heterocycles. The van der Waals surface area contributed by atoms with Gasteiger partial charge in [0, 0.05) is 18.8 Å². The zero-order valence-electron chi connectivity index (χ0n) is 8.64. The first-order valence-corrected chi connectivity index (χ1v) is 5.25. The predicted molar refractivity (Wildman–Crippen MR) is 58.6 cm³/mol. The number of carbonyl (C=O) groups excluding carboxylic acids is 1. The van der Waals surface area contributed by atoms with E-state index in [2.05, 4.69) is 11.9 Å². The summed E-state index contributed by atoms with van der Waals surface area (Å²) in [5, 5.41) is 2.74. The van der Waals surface area contributed by atoms with Gasteiger partial charge in [-0.25, -0.2) is 0 Å². The minimum absolute atomic E-state index is 0.0320. The summed E-state index contributed by atoms with van der Waals surface area (Å²) in [6.07, 6.45) is 1.21. The van der Waals surface area contributed by atoms with Crippen molar-refractivity contribution in [3.8, 4) is 0 Å². The van der Waals surface area contributed by atoms with E-state index < -0.39 is 0 Å². The smallest absolute Gasteiger partial charge is 0.220 e. The van der Waals surface area contributed by atoms with Crippen LogP contribution < -0.4 is 5.32 Å². The number of hydrogen-bond acceptors (Lipinski definition) is 2. The van der Waals surface area contributed by atoms with Crippen molar-refractivity contribution in [2.75, 3.05) is 25.6 Å². The Morgan fingerprint density at radius 3 is 2.86 bits per heavy atom. The van der Waals surface area contributed by atoms with Crippen LogP contribution in [0.1, 0.15) is 19.8 Å². The van der Waals surface area contributed by atoms with E-state index in [4.69, 9.17) is 16.3 Å². The minimum Gasteiger partial charge on any atom is -0.375 e. The Morgan fingerprint density at radius 1 is 1.57 bits per heavy atom. The Kier molecular flexibility index (Phi) is 8.68. The number of alkyl halides is 1. The topological polar surface area (TPSA) is 38.3 Å². The fourth-order valence-electron chi connectivity index (χ4n) is 0.825. The summed E-state index contributed by atoms with van der Waals surface area (Å²) in [5.74, 6) is 0.559. The highest BCUT2D eigenvalue weighted by Crippen LogP contribution is 1.91. The van der Waals surface area contributed by atoms with E-state index in [1.54, 1.807) is 0 Å². The standard InChI is InChI=1S/C10H18ClNO2/c1-9(2)8-14-7-6-12-10(13)4-3-5-11/h1,3-8H2,2H3,(H,12,13). The van der Waals surface area contributed by atoms with E-state index >= 15 is 0 Å². The van der Waals surface area contributed by atoms with Gasteiger partial charge in [-0.15, -0.1) is 11.6 Å². The van der Waals surface area contributed by atoms with Gasteiger partial charge in [0.2, 0.25) is 5.91 Å². The van der Waals surface area contributed by atoms with Crippen LogP contribution in [0.5, 0.6) is 0 Å². The van der Waals surface area contributed by atoms with Gasteiger partial charge in [0.25, 0.3) is 0 Å². The zero-order valence-corrected chi connectivity index (χ0v) is 9.40. The van der Waals surface area contributed by atoms with Crippen molar-refractivity contribution in [3.05, 3.63) is 12.2 Å². The molecule has 0 saturated carbocycles. The molecule has 0 aromatic carbocycles. The molecule has 0 spiro atoms. The van der Waals surface area contributed by atoms with Crippen LogP contribution in [0.4, 0.5) is 0 Å². The molecular formula is C10H18ClNO2. The third kappa shape index (κ3) is 9.55. The van der Waals surface area contributed by atoms with Gasteiger partial charge in [0.15, 0.2) is 0 Å². The lowest BCUT2D eigenvalue weighted by atomic mass is 10.3. The molecule has 0 aromatic rings. The highest BCUT2D eigenvalue weighted by Gasteiger charge is 1.98. The van der Waals surface area contributed by atoms with Crippen molar-refractivity contribution in [1.82, 2.24) is 5.32 Å². The number of amides is 1. The third-order valence-electron chi connectivity index (χ3n) is 1.45.